The first-order valence-corrected chi connectivity index (χ1v) is 5.68. The Morgan fingerprint density at radius 3 is 2.43 bits per heavy atom. The monoisotopic (exact) mass is 193 g/mol. The van der Waals surface area contributed by atoms with Crippen LogP contribution in [0.3, 0.4) is 0 Å². The van der Waals surface area contributed by atoms with E-state index >= 15 is 0 Å². The number of nitrogens with one attached hydrogen (secondary N) is 1. The second-order valence-corrected chi connectivity index (χ2v) is 4.75. The standard InChI is InChI=1S/C11H19N3/c1-11(9-12,10-5-6-10)13-14-7-3-2-4-8-14/h10,13H,2-8H2,1H3. The molecule has 1 saturated carbocycles. The molecule has 2 aliphatic rings. The SMILES string of the molecule is CC(C#N)(NN1CCCCC1)C1CC1. The maximum absolute atomic E-state index is 9.19. The van der Waals surface area contributed by atoms with Crippen LogP contribution in [0.25, 0.3) is 0 Å². The molecule has 1 heterocycles. The fourth-order valence-electron chi connectivity index (χ4n) is 2.20. The van der Waals surface area contributed by atoms with Crippen molar-refractivity contribution in [3.63, 3.8) is 0 Å². The minimum absolute atomic E-state index is 0.308. The molecule has 0 spiro atoms. The Morgan fingerprint density at radius 1 is 1.29 bits per heavy atom. The van der Waals surface area contributed by atoms with Crippen LogP contribution in [-0.2, 0) is 0 Å². The van der Waals surface area contributed by atoms with Crippen LogP contribution < -0.4 is 5.43 Å². The Labute approximate surface area is 86.0 Å². The maximum Gasteiger partial charge on any atom is 0.119 e. The largest absolute Gasteiger partial charge is 0.243 e. The Morgan fingerprint density at radius 2 is 1.93 bits per heavy atom. The Hall–Kier alpha value is -0.590. The van der Waals surface area contributed by atoms with Crippen molar-refractivity contribution in [2.45, 2.75) is 44.6 Å². The van der Waals surface area contributed by atoms with Crippen LogP contribution in [0.4, 0.5) is 0 Å². The van der Waals surface area contributed by atoms with E-state index in [9.17, 15) is 5.26 Å². The molecule has 0 aromatic carbocycles. The molecule has 0 radical (unpaired) electrons. The van der Waals surface area contributed by atoms with E-state index in [0.717, 1.165) is 13.1 Å². The second-order valence-electron chi connectivity index (χ2n) is 4.75. The predicted molar refractivity (Wildman–Crippen MR) is 55.3 cm³/mol. The summed E-state index contributed by atoms with van der Waals surface area (Å²) in [4.78, 5) is 0. The minimum Gasteiger partial charge on any atom is -0.243 e. The van der Waals surface area contributed by atoms with Crippen molar-refractivity contribution in [1.82, 2.24) is 10.4 Å². The van der Waals surface area contributed by atoms with Gasteiger partial charge in [-0.1, -0.05) is 6.42 Å². The Balaban J connectivity index is 1.90. The molecule has 1 aliphatic carbocycles. The highest BCUT2D eigenvalue weighted by atomic mass is 15.5. The first-order chi connectivity index (χ1) is 6.74. The number of hydrogen-bond donors (Lipinski definition) is 1. The number of nitriles is 1. The van der Waals surface area contributed by atoms with Crippen LogP contribution in [0.1, 0.15) is 39.0 Å². The van der Waals surface area contributed by atoms with E-state index in [2.05, 4.69) is 16.5 Å². The number of hydrazine groups is 1. The van der Waals surface area contributed by atoms with Crippen molar-refractivity contribution in [2.24, 2.45) is 5.92 Å². The summed E-state index contributed by atoms with van der Waals surface area (Å²) in [5.74, 6) is 0.578. The molecule has 3 heteroatoms. The first-order valence-electron chi connectivity index (χ1n) is 5.68. The highest BCUT2D eigenvalue weighted by Gasteiger charge is 2.42. The van der Waals surface area contributed by atoms with Gasteiger partial charge in [-0.3, -0.25) is 0 Å². The van der Waals surface area contributed by atoms with E-state index in [4.69, 9.17) is 0 Å². The Kier molecular flexibility index (Phi) is 2.76. The summed E-state index contributed by atoms with van der Waals surface area (Å²) >= 11 is 0. The predicted octanol–water partition coefficient (Wildman–Crippen LogP) is 1.67. The van der Waals surface area contributed by atoms with E-state index < -0.39 is 0 Å². The summed E-state index contributed by atoms with van der Waals surface area (Å²) in [5.41, 5.74) is 3.11. The molecule has 14 heavy (non-hydrogen) atoms. The molecule has 3 nitrogen and oxygen atoms in total. The van der Waals surface area contributed by atoms with Crippen LogP contribution in [-0.4, -0.2) is 23.6 Å². The van der Waals surface area contributed by atoms with Crippen molar-refractivity contribution >= 4 is 0 Å². The lowest BCUT2D eigenvalue weighted by Gasteiger charge is -2.34. The van der Waals surface area contributed by atoms with Gasteiger partial charge in [-0.15, -0.1) is 0 Å². The molecule has 1 N–H and O–H groups in total. The molecule has 0 aromatic heterocycles. The number of piperidine rings is 1. The maximum atomic E-state index is 9.19. The van der Waals surface area contributed by atoms with Gasteiger partial charge in [0.1, 0.15) is 5.54 Å². The molecule has 1 unspecified atom stereocenters. The van der Waals surface area contributed by atoms with Crippen LogP contribution in [0.2, 0.25) is 0 Å². The third-order valence-corrected chi connectivity index (χ3v) is 3.37. The summed E-state index contributed by atoms with van der Waals surface area (Å²) in [6.45, 7) is 4.24. The van der Waals surface area contributed by atoms with Crippen molar-refractivity contribution in [3.05, 3.63) is 0 Å². The van der Waals surface area contributed by atoms with Crippen LogP contribution >= 0.6 is 0 Å². The molecule has 1 saturated heterocycles. The lowest BCUT2D eigenvalue weighted by Crippen LogP contribution is -2.54. The summed E-state index contributed by atoms with van der Waals surface area (Å²) in [6, 6.07) is 2.43. The first kappa shape index (κ1) is 9.95. The summed E-state index contributed by atoms with van der Waals surface area (Å²) in [7, 11) is 0. The molecule has 78 valence electrons. The summed E-state index contributed by atoms with van der Waals surface area (Å²) in [5, 5.41) is 11.4. The van der Waals surface area contributed by atoms with Crippen LogP contribution in [0.5, 0.6) is 0 Å². The Bertz CT molecular complexity index is 235. The van der Waals surface area contributed by atoms with Gasteiger partial charge >= 0.3 is 0 Å². The average Bonchev–Trinajstić information content (AvgIpc) is 3.03. The lowest BCUT2D eigenvalue weighted by atomic mass is 9.99. The zero-order valence-corrected chi connectivity index (χ0v) is 8.92. The zero-order chi connectivity index (χ0) is 10.0. The van der Waals surface area contributed by atoms with Crippen molar-refractivity contribution in [2.75, 3.05) is 13.1 Å². The van der Waals surface area contributed by atoms with E-state index in [1.807, 2.05) is 6.92 Å². The normalized spacial score (nSPS) is 28.0. The minimum atomic E-state index is -0.308. The van der Waals surface area contributed by atoms with Gasteiger partial charge in [-0.25, -0.2) is 10.4 Å². The molecule has 1 atom stereocenters. The van der Waals surface area contributed by atoms with Gasteiger partial charge in [0.15, 0.2) is 0 Å². The molecule has 2 fully saturated rings. The van der Waals surface area contributed by atoms with Crippen molar-refractivity contribution in [3.8, 4) is 6.07 Å². The van der Waals surface area contributed by atoms with Gasteiger partial charge < -0.3 is 0 Å². The van der Waals surface area contributed by atoms with Gasteiger partial charge in [0.05, 0.1) is 6.07 Å². The fraction of sp³-hybridized carbons (Fsp3) is 0.909. The third-order valence-electron chi connectivity index (χ3n) is 3.37. The lowest BCUT2D eigenvalue weighted by molar-refractivity contribution is 0.101. The van der Waals surface area contributed by atoms with E-state index in [0.29, 0.717) is 5.92 Å². The van der Waals surface area contributed by atoms with Gasteiger partial charge in [-0.2, -0.15) is 5.26 Å². The topological polar surface area (TPSA) is 39.1 Å². The van der Waals surface area contributed by atoms with Crippen molar-refractivity contribution in [1.29, 1.82) is 5.26 Å². The molecular weight excluding hydrogens is 174 g/mol. The van der Waals surface area contributed by atoms with Crippen LogP contribution in [0, 0.1) is 17.2 Å². The van der Waals surface area contributed by atoms with E-state index in [1.54, 1.807) is 0 Å². The van der Waals surface area contributed by atoms with E-state index in [1.165, 1.54) is 32.1 Å². The van der Waals surface area contributed by atoms with E-state index in [-0.39, 0.29) is 5.54 Å². The zero-order valence-electron chi connectivity index (χ0n) is 8.92. The molecular formula is C11H19N3. The molecule has 0 aromatic rings. The van der Waals surface area contributed by atoms with Crippen LogP contribution in [0.15, 0.2) is 0 Å². The molecule has 0 bridgehead atoms. The van der Waals surface area contributed by atoms with Crippen molar-refractivity contribution < 1.29 is 0 Å². The fourth-order valence-corrected chi connectivity index (χ4v) is 2.20. The third kappa shape index (κ3) is 2.08. The van der Waals surface area contributed by atoms with Gasteiger partial charge in [-0.05, 0) is 38.5 Å². The summed E-state index contributed by atoms with van der Waals surface area (Å²) < 4.78 is 0. The summed E-state index contributed by atoms with van der Waals surface area (Å²) in [6.07, 6.45) is 6.29. The smallest absolute Gasteiger partial charge is 0.119 e. The highest BCUT2D eigenvalue weighted by molar-refractivity contribution is 5.11. The number of nitrogens with zero attached hydrogens (tertiary/aromatic N) is 2. The molecule has 0 amide bonds. The van der Waals surface area contributed by atoms with Gasteiger partial charge in [0.2, 0.25) is 0 Å². The average molecular weight is 193 g/mol. The molecule has 2 rings (SSSR count). The van der Waals surface area contributed by atoms with Gasteiger partial charge in [0, 0.05) is 13.1 Å². The molecule has 1 aliphatic heterocycles. The quantitative estimate of drug-likeness (QED) is 0.741. The number of hydrogen-bond acceptors (Lipinski definition) is 3. The highest BCUT2D eigenvalue weighted by Crippen LogP contribution is 2.39. The second kappa shape index (κ2) is 3.88. The number of rotatable bonds is 3. The van der Waals surface area contributed by atoms with Gasteiger partial charge in [0.25, 0.3) is 0 Å².